The van der Waals surface area contributed by atoms with Gasteiger partial charge in [-0.25, -0.2) is 23.4 Å². The molecule has 0 aliphatic rings. The summed E-state index contributed by atoms with van der Waals surface area (Å²) >= 11 is 7.35. The van der Waals surface area contributed by atoms with Crippen molar-refractivity contribution in [3.8, 4) is 0 Å². The predicted octanol–water partition coefficient (Wildman–Crippen LogP) is 0.625. The number of esters is 1. The van der Waals surface area contributed by atoms with E-state index in [0.717, 1.165) is 15.9 Å². The van der Waals surface area contributed by atoms with Gasteiger partial charge in [0.25, 0.3) is 5.91 Å². The number of amides is 1. The quantitative estimate of drug-likeness (QED) is 0.174. The Morgan fingerprint density at radius 1 is 0.707 bits per heavy atom. The van der Waals surface area contributed by atoms with Gasteiger partial charge in [-0.15, -0.1) is 10.2 Å². The number of rotatable bonds is 8. The number of carbonyl (C=O) groups is 2. The van der Waals surface area contributed by atoms with E-state index < -0.39 is 29.4 Å². The van der Waals surface area contributed by atoms with Crippen LogP contribution in [-0.2, 0) is 9.53 Å². The Hall–Kier alpha value is -3.59. The van der Waals surface area contributed by atoms with E-state index in [9.17, 15) is 9.59 Å². The molecular weight excluding hydrogens is 588 g/mol. The Labute approximate surface area is 245 Å². The Morgan fingerprint density at radius 3 is 1.39 bits per heavy atom. The monoisotopic (exact) mass is 613 g/mol. The summed E-state index contributed by atoms with van der Waals surface area (Å²) in [5.74, 6) is -1.12. The number of benzene rings is 4. The maximum absolute atomic E-state index is 13.3. The molecule has 0 saturated carbocycles. The van der Waals surface area contributed by atoms with Crippen LogP contribution in [0.2, 0.25) is 0 Å². The number of halogens is 2. The molecule has 0 heterocycles. The van der Waals surface area contributed by atoms with Gasteiger partial charge in [0.15, 0.2) is 13.0 Å². The highest BCUT2D eigenvalue weighted by molar-refractivity contribution is 8.00. The molecule has 1 N–H and O–H groups in total. The standard InChI is InChI=1S/C30H25ClNO3P.ClHO4/c1-2-35-30(34)27(32-29(33)23-15-7-3-8-16-23)28(31)36(24-17-9-4-10-18-24,25-19-11-5-12-20-25)26-21-13-6-14-22-26;2-1(3,4)5/h3-22H,2H2,1H3;(H,2,3,4,5). The highest BCUT2D eigenvalue weighted by atomic mass is 35.7. The zero-order chi connectivity index (χ0) is 29.9. The minimum atomic E-state index is -4.94. The Balaban J connectivity index is 0.000000850. The van der Waals surface area contributed by atoms with E-state index >= 15 is 0 Å². The molecule has 0 radical (unpaired) electrons. The first-order valence-electron chi connectivity index (χ1n) is 12.2. The summed E-state index contributed by atoms with van der Waals surface area (Å²) in [6, 6.07) is 38.3. The lowest BCUT2D eigenvalue weighted by molar-refractivity contribution is -2.00. The molecule has 0 saturated heterocycles. The van der Waals surface area contributed by atoms with Gasteiger partial charge in [-0.1, -0.05) is 72.8 Å². The van der Waals surface area contributed by atoms with Crippen LogP contribution in [-0.4, -0.2) is 18.5 Å². The van der Waals surface area contributed by atoms with Gasteiger partial charge < -0.3 is 10.1 Å². The predicted molar refractivity (Wildman–Crippen MR) is 149 cm³/mol. The van der Waals surface area contributed by atoms with Crippen molar-refractivity contribution in [2.24, 2.45) is 0 Å². The second kappa shape index (κ2) is 14.9. The van der Waals surface area contributed by atoms with E-state index in [1.165, 1.54) is 0 Å². The number of ether oxygens (including phenoxy) is 1. The molecule has 212 valence electrons. The molecule has 0 aliphatic heterocycles. The summed E-state index contributed by atoms with van der Waals surface area (Å²) in [7, 11) is -7.74. The maximum Gasteiger partial charge on any atom is 0.360 e. The maximum atomic E-state index is 13.3. The molecule has 4 aromatic carbocycles. The second-order valence-electron chi connectivity index (χ2n) is 8.26. The molecule has 4 rings (SSSR count). The van der Waals surface area contributed by atoms with Gasteiger partial charge in [0.05, 0.1) is 6.61 Å². The fourth-order valence-electron chi connectivity index (χ4n) is 4.08. The summed E-state index contributed by atoms with van der Waals surface area (Å²) in [5.41, 5.74) is 0.351. The van der Waals surface area contributed by atoms with E-state index in [1.54, 1.807) is 31.2 Å². The topological polar surface area (TPSA) is 148 Å². The van der Waals surface area contributed by atoms with Crippen molar-refractivity contribution >= 4 is 46.7 Å². The number of nitrogens with one attached hydrogen (secondary N) is 1. The normalized spacial score (nSPS) is 11.9. The fourth-order valence-corrected chi connectivity index (χ4v) is 8.99. The minimum Gasteiger partial charge on any atom is -0.461 e. The molecule has 0 aromatic heterocycles. The summed E-state index contributed by atoms with van der Waals surface area (Å²) in [5, 5.41) is 5.64. The third-order valence-electron chi connectivity index (χ3n) is 5.69. The second-order valence-corrected chi connectivity index (χ2v) is 13.0. The lowest BCUT2D eigenvalue weighted by atomic mass is 10.2. The number of hydrogen-bond acceptors (Lipinski definition) is 7. The van der Waals surface area contributed by atoms with Crippen LogP contribution in [0.15, 0.2) is 132 Å². The van der Waals surface area contributed by atoms with Crippen LogP contribution in [0.25, 0.3) is 0 Å². The van der Waals surface area contributed by atoms with Gasteiger partial charge in [0.2, 0.25) is 4.77 Å². The van der Waals surface area contributed by atoms with Crippen LogP contribution in [0.4, 0.5) is 0 Å². The average molecular weight is 614 g/mol. The van der Waals surface area contributed by atoms with Gasteiger partial charge in [-0.2, -0.15) is 0 Å². The molecule has 11 heteroatoms. The Morgan fingerprint density at radius 2 is 1.05 bits per heavy atom. The van der Waals surface area contributed by atoms with Crippen LogP contribution in [0, 0.1) is 10.2 Å². The van der Waals surface area contributed by atoms with Crippen molar-refractivity contribution in [3.05, 3.63) is 137 Å². The molecule has 41 heavy (non-hydrogen) atoms. The van der Waals surface area contributed by atoms with Crippen molar-refractivity contribution in [2.75, 3.05) is 6.61 Å². The number of carbonyl (C=O) groups excluding carboxylic acids is 2. The molecule has 0 fully saturated rings. The first-order valence-corrected chi connectivity index (χ1v) is 15.6. The number of hydrogen-bond donors (Lipinski definition) is 1. The van der Waals surface area contributed by atoms with E-state index in [4.69, 9.17) is 35.0 Å². The third kappa shape index (κ3) is 8.45. The summed E-state index contributed by atoms with van der Waals surface area (Å²) in [6.07, 6.45) is 0. The Kier molecular flexibility index (Phi) is 11.6. The van der Waals surface area contributed by atoms with Crippen LogP contribution in [0.1, 0.15) is 17.3 Å². The van der Waals surface area contributed by atoms with Crippen molar-refractivity contribution < 1.29 is 43.2 Å². The molecule has 0 atom stereocenters. The van der Waals surface area contributed by atoms with E-state index in [2.05, 4.69) is 5.32 Å². The summed E-state index contributed by atoms with van der Waals surface area (Å²) in [4.78, 5) is 26.5. The SMILES string of the molecule is CCOC(=O)C(NC(=O)c1ccccc1)=C(Cl)[P+](c1ccccc1)(c1ccccc1)c1ccccc1.[O-][Cl+3]([O-])([O-])[O-]. The van der Waals surface area contributed by atoms with Gasteiger partial charge in [-0.3, -0.25) is 4.79 Å². The van der Waals surface area contributed by atoms with Crippen molar-refractivity contribution in [1.29, 1.82) is 0 Å². The van der Waals surface area contributed by atoms with E-state index in [-0.39, 0.29) is 17.1 Å². The molecule has 8 nitrogen and oxygen atoms in total. The zero-order valence-electron chi connectivity index (χ0n) is 21.8. The summed E-state index contributed by atoms with van der Waals surface area (Å²) < 4.78 is 39.6. The Bertz CT molecular complexity index is 1350. The zero-order valence-corrected chi connectivity index (χ0v) is 24.2. The van der Waals surface area contributed by atoms with E-state index in [0.29, 0.717) is 5.56 Å². The average Bonchev–Trinajstić information content (AvgIpc) is 2.97. The molecule has 0 unspecified atom stereocenters. The minimum absolute atomic E-state index is 0.0581. The van der Waals surface area contributed by atoms with Gasteiger partial charge >= 0.3 is 5.97 Å². The van der Waals surface area contributed by atoms with Crippen LogP contribution < -0.4 is 39.9 Å². The van der Waals surface area contributed by atoms with Crippen LogP contribution in [0.3, 0.4) is 0 Å². The van der Waals surface area contributed by atoms with Gasteiger partial charge in [0.1, 0.15) is 15.9 Å². The highest BCUT2D eigenvalue weighted by Crippen LogP contribution is 2.64. The van der Waals surface area contributed by atoms with Crippen molar-refractivity contribution in [2.45, 2.75) is 6.92 Å². The van der Waals surface area contributed by atoms with Gasteiger partial charge in [-0.05, 0) is 67.1 Å². The molecule has 1 amide bonds. The molecule has 0 aliphatic carbocycles. The molecule has 0 bridgehead atoms. The molecule has 0 spiro atoms. The first-order chi connectivity index (χ1) is 19.6. The van der Waals surface area contributed by atoms with Crippen LogP contribution >= 0.6 is 18.9 Å². The van der Waals surface area contributed by atoms with Gasteiger partial charge in [0, 0.05) is 5.56 Å². The largest absolute Gasteiger partial charge is 0.461 e. The highest BCUT2D eigenvalue weighted by Gasteiger charge is 2.52. The summed E-state index contributed by atoms with van der Waals surface area (Å²) in [6.45, 7) is 1.86. The lowest BCUT2D eigenvalue weighted by Gasteiger charge is -2.27. The molecule has 4 aromatic rings. The van der Waals surface area contributed by atoms with Crippen LogP contribution in [0.5, 0.6) is 0 Å². The van der Waals surface area contributed by atoms with Crippen molar-refractivity contribution in [1.82, 2.24) is 5.32 Å². The lowest BCUT2D eigenvalue weighted by Crippen LogP contribution is -2.68. The first kappa shape index (κ1) is 31.9. The smallest absolute Gasteiger partial charge is 0.360 e. The van der Waals surface area contributed by atoms with Crippen molar-refractivity contribution in [3.63, 3.8) is 0 Å². The third-order valence-corrected chi connectivity index (χ3v) is 10.7. The van der Waals surface area contributed by atoms with E-state index in [1.807, 2.05) is 97.1 Å². The molecular formula is C30H26Cl2NO7P. The fraction of sp³-hybridized carbons (Fsp3) is 0.0667.